The first-order valence-electron chi connectivity index (χ1n) is 10.3. The van der Waals surface area contributed by atoms with Gasteiger partial charge < -0.3 is 10.2 Å². The molecule has 9 heteroatoms. The smallest absolute Gasteiger partial charge is 0.269 e. The third-order valence-electron chi connectivity index (χ3n) is 5.21. The van der Waals surface area contributed by atoms with E-state index in [1.165, 1.54) is 24.3 Å². The molecule has 0 saturated carbocycles. The first-order chi connectivity index (χ1) is 15.3. The Bertz CT molecular complexity index is 1040. The van der Waals surface area contributed by atoms with Gasteiger partial charge in [-0.15, -0.1) is 0 Å². The van der Waals surface area contributed by atoms with E-state index in [0.29, 0.717) is 22.7 Å². The van der Waals surface area contributed by atoms with Crippen molar-refractivity contribution in [1.82, 2.24) is 10.2 Å². The Kier molecular flexibility index (Phi) is 7.67. The summed E-state index contributed by atoms with van der Waals surface area (Å²) >= 11 is 5.19. The van der Waals surface area contributed by atoms with Crippen molar-refractivity contribution in [2.45, 2.75) is 19.8 Å². The van der Waals surface area contributed by atoms with Gasteiger partial charge in [-0.3, -0.25) is 25.0 Å². The van der Waals surface area contributed by atoms with Gasteiger partial charge >= 0.3 is 0 Å². The highest BCUT2D eigenvalue weighted by molar-refractivity contribution is 7.80. The largest absolute Gasteiger partial charge is 0.339 e. The van der Waals surface area contributed by atoms with Crippen molar-refractivity contribution in [1.29, 1.82) is 0 Å². The second kappa shape index (κ2) is 10.6. The molecule has 0 aliphatic carbocycles. The van der Waals surface area contributed by atoms with E-state index in [1.807, 2.05) is 4.90 Å². The molecule has 1 heterocycles. The summed E-state index contributed by atoms with van der Waals surface area (Å²) in [5.74, 6) is 0.180. The number of nitro groups is 1. The van der Waals surface area contributed by atoms with E-state index in [-0.39, 0.29) is 16.7 Å². The van der Waals surface area contributed by atoms with Crippen LogP contribution in [-0.4, -0.2) is 39.8 Å². The number of thiocarbonyl (C=S) groups is 1. The van der Waals surface area contributed by atoms with E-state index < -0.39 is 10.8 Å². The molecule has 1 aliphatic heterocycles. The molecule has 2 N–H and O–H groups in total. The van der Waals surface area contributed by atoms with Crippen molar-refractivity contribution < 1.29 is 14.5 Å². The number of anilines is 1. The number of carbonyl (C=O) groups is 2. The molecule has 32 heavy (non-hydrogen) atoms. The van der Waals surface area contributed by atoms with E-state index in [4.69, 9.17) is 12.2 Å². The van der Waals surface area contributed by atoms with Gasteiger partial charge in [0, 0.05) is 42.5 Å². The van der Waals surface area contributed by atoms with Crippen LogP contribution in [0.5, 0.6) is 0 Å². The lowest BCUT2D eigenvalue weighted by Crippen LogP contribution is -2.38. The highest BCUT2D eigenvalue weighted by atomic mass is 32.1. The van der Waals surface area contributed by atoms with E-state index in [9.17, 15) is 19.7 Å². The number of amides is 2. The Hall–Kier alpha value is -3.59. The van der Waals surface area contributed by atoms with Crippen molar-refractivity contribution in [2.24, 2.45) is 5.92 Å². The third kappa shape index (κ3) is 6.45. The Morgan fingerprint density at radius 3 is 2.50 bits per heavy atom. The number of non-ortho nitro benzene ring substituents is 1. The van der Waals surface area contributed by atoms with Crippen LogP contribution in [0.15, 0.2) is 54.6 Å². The lowest BCUT2D eigenvalue weighted by atomic mass is 9.98. The number of likely N-dealkylation sites (tertiary alicyclic amines) is 1. The zero-order chi connectivity index (χ0) is 23.1. The van der Waals surface area contributed by atoms with Crippen LogP contribution in [0.25, 0.3) is 6.08 Å². The summed E-state index contributed by atoms with van der Waals surface area (Å²) in [5, 5.41) is 16.2. The maximum absolute atomic E-state index is 12.7. The summed E-state index contributed by atoms with van der Waals surface area (Å²) < 4.78 is 0. The van der Waals surface area contributed by atoms with Crippen LogP contribution in [0, 0.1) is 16.0 Å². The molecule has 8 nitrogen and oxygen atoms in total. The number of hydrogen-bond donors (Lipinski definition) is 2. The van der Waals surface area contributed by atoms with E-state index >= 15 is 0 Å². The van der Waals surface area contributed by atoms with Crippen LogP contribution in [0.3, 0.4) is 0 Å². The van der Waals surface area contributed by atoms with Crippen LogP contribution < -0.4 is 10.6 Å². The number of benzene rings is 2. The Labute approximate surface area is 191 Å². The fourth-order valence-corrected chi connectivity index (χ4v) is 3.54. The van der Waals surface area contributed by atoms with Gasteiger partial charge in [0.25, 0.3) is 11.6 Å². The lowest BCUT2D eigenvalue weighted by molar-refractivity contribution is -0.384. The lowest BCUT2D eigenvalue weighted by Gasteiger charge is -2.30. The quantitative estimate of drug-likeness (QED) is 0.308. The predicted molar refractivity (Wildman–Crippen MR) is 127 cm³/mol. The number of nitro benzene ring substituents is 1. The fraction of sp³-hybridized carbons (Fsp3) is 0.261. The molecule has 2 aromatic carbocycles. The minimum Gasteiger partial charge on any atom is -0.339 e. The molecular weight excluding hydrogens is 428 g/mol. The third-order valence-corrected chi connectivity index (χ3v) is 5.41. The van der Waals surface area contributed by atoms with Crippen molar-refractivity contribution in [3.05, 3.63) is 75.8 Å². The summed E-state index contributed by atoms with van der Waals surface area (Å²) in [6, 6.07) is 12.8. The van der Waals surface area contributed by atoms with Crippen LogP contribution in [-0.2, 0) is 4.79 Å². The fourth-order valence-electron chi connectivity index (χ4n) is 3.32. The Morgan fingerprint density at radius 2 is 1.84 bits per heavy atom. The molecule has 0 radical (unpaired) electrons. The van der Waals surface area contributed by atoms with Gasteiger partial charge in [0.2, 0.25) is 5.91 Å². The molecule has 0 spiro atoms. The normalized spacial score (nSPS) is 14.2. The minimum absolute atomic E-state index is 0.0125. The molecule has 166 valence electrons. The summed E-state index contributed by atoms with van der Waals surface area (Å²) in [5.41, 5.74) is 1.79. The summed E-state index contributed by atoms with van der Waals surface area (Å²) in [6.45, 7) is 3.71. The molecule has 0 bridgehead atoms. The molecule has 2 aromatic rings. The van der Waals surface area contributed by atoms with Crippen molar-refractivity contribution in [2.75, 3.05) is 18.4 Å². The molecule has 0 atom stereocenters. The van der Waals surface area contributed by atoms with Crippen LogP contribution >= 0.6 is 12.2 Å². The molecule has 3 rings (SSSR count). The maximum atomic E-state index is 12.7. The highest BCUT2D eigenvalue weighted by Gasteiger charge is 2.21. The van der Waals surface area contributed by atoms with Crippen LogP contribution in [0.4, 0.5) is 11.4 Å². The van der Waals surface area contributed by atoms with Gasteiger partial charge in [0.05, 0.1) is 4.92 Å². The SMILES string of the molecule is CC1CCN(C(=O)c2cccc(NC(=S)NC(=O)/C=C/c3ccc([N+](=O)[O-])cc3)c2)CC1. The molecule has 1 fully saturated rings. The number of hydrogen-bond acceptors (Lipinski definition) is 5. The number of nitrogens with one attached hydrogen (secondary N) is 2. The van der Waals surface area contributed by atoms with E-state index in [0.717, 1.165) is 25.9 Å². The van der Waals surface area contributed by atoms with Gasteiger partial charge in [-0.25, -0.2) is 0 Å². The van der Waals surface area contributed by atoms with Crippen LogP contribution in [0.1, 0.15) is 35.7 Å². The van der Waals surface area contributed by atoms with E-state index in [2.05, 4.69) is 17.6 Å². The maximum Gasteiger partial charge on any atom is 0.269 e. The standard InChI is InChI=1S/C23H24N4O4S/c1-16-11-13-26(14-12-16)22(29)18-3-2-4-19(15-18)24-23(32)25-21(28)10-7-17-5-8-20(9-6-17)27(30)31/h2-10,15-16H,11-14H2,1H3,(H2,24,25,28,32)/b10-7+. The van der Waals surface area contributed by atoms with Gasteiger partial charge in [-0.2, -0.15) is 0 Å². The first-order valence-corrected chi connectivity index (χ1v) is 10.7. The number of piperidine rings is 1. The molecule has 0 aromatic heterocycles. The van der Waals surface area contributed by atoms with Crippen LogP contribution in [0.2, 0.25) is 0 Å². The summed E-state index contributed by atoms with van der Waals surface area (Å²) in [6.07, 6.45) is 4.83. The van der Waals surface area contributed by atoms with Crippen molar-refractivity contribution >= 4 is 46.6 Å². The average molecular weight is 453 g/mol. The monoisotopic (exact) mass is 452 g/mol. The minimum atomic E-state index is -0.486. The van der Waals surface area contributed by atoms with Gasteiger partial charge in [0.1, 0.15) is 0 Å². The van der Waals surface area contributed by atoms with Gasteiger partial charge in [-0.05, 0) is 72.9 Å². The van der Waals surface area contributed by atoms with Crippen molar-refractivity contribution in [3.63, 3.8) is 0 Å². The number of nitrogens with zero attached hydrogens (tertiary/aromatic N) is 2. The second-order valence-electron chi connectivity index (χ2n) is 7.68. The first kappa shape index (κ1) is 23.1. The molecule has 1 aliphatic rings. The summed E-state index contributed by atoms with van der Waals surface area (Å²) in [4.78, 5) is 36.9. The molecule has 0 unspecified atom stereocenters. The number of rotatable bonds is 5. The van der Waals surface area contributed by atoms with E-state index in [1.54, 1.807) is 36.4 Å². The predicted octanol–water partition coefficient (Wildman–Crippen LogP) is 3.99. The van der Waals surface area contributed by atoms with Gasteiger partial charge in [-0.1, -0.05) is 13.0 Å². The zero-order valence-electron chi connectivity index (χ0n) is 17.6. The highest BCUT2D eigenvalue weighted by Crippen LogP contribution is 2.19. The van der Waals surface area contributed by atoms with Crippen molar-refractivity contribution in [3.8, 4) is 0 Å². The number of carbonyl (C=O) groups excluding carboxylic acids is 2. The van der Waals surface area contributed by atoms with Gasteiger partial charge in [0.15, 0.2) is 5.11 Å². The second-order valence-corrected chi connectivity index (χ2v) is 8.09. The Balaban J connectivity index is 1.54. The zero-order valence-corrected chi connectivity index (χ0v) is 18.4. The molecule has 2 amide bonds. The Morgan fingerprint density at radius 1 is 1.16 bits per heavy atom. The molecule has 1 saturated heterocycles. The topological polar surface area (TPSA) is 105 Å². The average Bonchev–Trinajstić information content (AvgIpc) is 2.78. The summed E-state index contributed by atoms with van der Waals surface area (Å²) in [7, 11) is 0. The molecular formula is C23H24N4O4S.